The first-order chi connectivity index (χ1) is 8.69. The zero-order valence-electron chi connectivity index (χ0n) is 10.3. The Labute approximate surface area is 107 Å². The number of rotatable bonds is 3. The first-order valence-corrected chi connectivity index (χ1v) is 5.98. The number of benzene rings is 2. The normalized spacial score (nSPS) is 10.9. The van der Waals surface area contributed by atoms with Crippen LogP contribution in [0.2, 0.25) is 0 Å². The average Bonchev–Trinajstić information content (AvgIpc) is 2.39. The zero-order valence-corrected chi connectivity index (χ0v) is 10.3. The van der Waals surface area contributed by atoms with Crippen molar-refractivity contribution in [2.45, 2.75) is 13.3 Å². The van der Waals surface area contributed by atoms with E-state index in [0.717, 1.165) is 23.1 Å². The fourth-order valence-corrected chi connectivity index (χ4v) is 1.77. The molecule has 18 heavy (non-hydrogen) atoms. The molecule has 0 saturated carbocycles. The quantitative estimate of drug-likeness (QED) is 0.800. The molecular weight excluding hydrogens is 224 g/mol. The number of hydrogen-bond acceptors (Lipinski definition) is 2. The molecule has 0 atom stereocenters. The van der Waals surface area contributed by atoms with Crippen LogP contribution in [0.1, 0.15) is 23.6 Å². The summed E-state index contributed by atoms with van der Waals surface area (Å²) in [6, 6.07) is 12.6. The van der Waals surface area contributed by atoms with Crippen LogP contribution in [0.5, 0.6) is 11.5 Å². The molecular formula is C16H16O2. The third-order valence-corrected chi connectivity index (χ3v) is 2.85. The van der Waals surface area contributed by atoms with Gasteiger partial charge in [0, 0.05) is 0 Å². The van der Waals surface area contributed by atoms with E-state index in [9.17, 15) is 10.2 Å². The van der Waals surface area contributed by atoms with Gasteiger partial charge in [0.2, 0.25) is 0 Å². The molecule has 0 radical (unpaired) electrons. The van der Waals surface area contributed by atoms with Crippen molar-refractivity contribution in [1.82, 2.24) is 0 Å². The van der Waals surface area contributed by atoms with Gasteiger partial charge in [0.25, 0.3) is 0 Å². The van der Waals surface area contributed by atoms with Crippen LogP contribution in [-0.4, -0.2) is 10.2 Å². The highest BCUT2D eigenvalue weighted by Gasteiger charge is 1.98. The smallest absolute Gasteiger partial charge is 0.118 e. The number of hydrogen-bond donors (Lipinski definition) is 2. The molecule has 2 heteroatoms. The van der Waals surface area contributed by atoms with Crippen molar-refractivity contribution in [3.05, 3.63) is 59.2 Å². The van der Waals surface area contributed by atoms with Gasteiger partial charge in [-0.15, -0.1) is 0 Å². The molecule has 2 rings (SSSR count). The molecule has 2 nitrogen and oxygen atoms in total. The van der Waals surface area contributed by atoms with Gasteiger partial charge in [-0.3, -0.25) is 0 Å². The van der Waals surface area contributed by atoms with Gasteiger partial charge in [0.05, 0.1) is 0 Å². The fraction of sp³-hybridized carbons (Fsp3) is 0.125. The van der Waals surface area contributed by atoms with E-state index in [2.05, 4.69) is 0 Å². The van der Waals surface area contributed by atoms with E-state index in [0.29, 0.717) is 5.75 Å². The van der Waals surface area contributed by atoms with E-state index >= 15 is 0 Å². The topological polar surface area (TPSA) is 40.5 Å². The van der Waals surface area contributed by atoms with Crippen molar-refractivity contribution in [2.24, 2.45) is 0 Å². The van der Waals surface area contributed by atoms with Gasteiger partial charge in [-0.1, -0.05) is 37.3 Å². The van der Waals surface area contributed by atoms with Crippen LogP contribution in [-0.2, 0) is 6.42 Å². The Morgan fingerprint density at radius 2 is 1.50 bits per heavy atom. The Balaban J connectivity index is 2.20. The lowest BCUT2D eigenvalue weighted by molar-refractivity contribution is 0.469. The van der Waals surface area contributed by atoms with Crippen molar-refractivity contribution in [1.29, 1.82) is 0 Å². The molecule has 0 unspecified atom stereocenters. The lowest BCUT2D eigenvalue weighted by Crippen LogP contribution is -1.82. The largest absolute Gasteiger partial charge is 0.508 e. The molecule has 2 aromatic rings. The molecule has 0 fully saturated rings. The highest BCUT2D eigenvalue weighted by atomic mass is 16.3. The molecule has 0 spiro atoms. The summed E-state index contributed by atoms with van der Waals surface area (Å²) in [5.74, 6) is 0.615. The molecule has 2 aromatic carbocycles. The summed E-state index contributed by atoms with van der Waals surface area (Å²) in [5, 5.41) is 18.8. The molecule has 0 heterocycles. The van der Waals surface area contributed by atoms with Crippen LogP contribution in [0, 0.1) is 0 Å². The van der Waals surface area contributed by atoms with E-state index in [-0.39, 0.29) is 5.75 Å². The zero-order chi connectivity index (χ0) is 13.0. The van der Waals surface area contributed by atoms with Crippen molar-refractivity contribution >= 4 is 12.2 Å². The van der Waals surface area contributed by atoms with Crippen LogP contribution in [0.4, 0.5) is 0 Å². The van der Waals surface area contributed by atoms with Crippen LogP contribution < -0.4 is 0 Å². The molecule has 0 aliphatic rings. The Morgan fingerprint density at radius 3 is 2.17 bits per heavy atom. The van der Waals surface area contributed by atoms with E-state index in [1.807, 2.05) is 43.3 Å². The Morgan fingerprint density at radius 1 is 0.889 bits per heavy atom. The molecule has 0 saturated heterocycles. The Bertz CT molecular complexity index is 554. The highest BCUT2D eigenvalue weighted by Crippen LogP contribution is 2.20. The molecule has 0 aromatic heterocycles. The summed E-state index contributed by atoms with van der Waals surface area (Å²) in [6.45, 7) is 2.02. The predicted octanol–water partition coefficient (Wildman–Crippen LogP) is 3.83. The summed E-state index contributed by atoms with van der Waals surface area (Å²) in [6.07, 6.45) is 4.78. The number of phenolic OH excluding ortho intramolecular Hbond substituents is 2. The van der Waals surface area contributed by atoms with Crippen molar-refractivity contribution in [2.75, 3.05) is 0 Å². The van der Waals surface area contributed by atoms with E-state index < -0.39 is 0 Å². The Hall–Kier alpha value is -2.22. The molecule has 2 N–H and O–H groups in total. The maximum absolute atomic E-state index is 9.60. The summed E-state index contributed by atoms with van der Waals surface area (Å²) in [4.78, 5) is 0. The van der Waals surface area contributed by atoms with Gasteiger partial charge in [0.1, 0.15) is 11.5 Å². The minimum absolute atomic E-state index is 0.269. The second kappa shape index (κ2) is 5.41. The number of phenols is 2. The second-order valence-corrected chi connectivity index (χ2v) is 4.17. The predicted molar refractivity (Wildman–Crippen MR) is 74.5 cm³/mol. The fourth-order valence-electron chi connectivity index (χ4n) is 1.77. The first-order valence-electron chi connectivity index (χ1n) is 5.98. The van der Waals surface area contributed by atoms with Gasteiger partial charge in [-0.05, 0) is 47.4 Å². The van der Waals surface area contributed by atoms with Crippen LogP contribution >= 0.6 is 0 Å². The maximum Gasteiger partial charge on any atom is 0.118 e. The minimum atomic E-state index is 0.269. The average molecular weight is 240 g/mol. The lowest BCUT2D eigenvalue weighted by Gasteiger charge is -2.02. The SMILES string of the molecule is CCc1cc(/C=C/c2ccc(O)cc2)ccc1O. The van der Waals surface area contributed by atoms with Crippen LogP contribution in [0.15, 0.2) is 42.5 Å². The number of aryl methyl sites for hydroxylation is 1. The van der Waals surface area contributed by atoms with Gasteiger partial charge in [0.15, 0.2) is 0 Å². The summed E-state index contributed by atoms with van der Waals surface area (Å²) >= 11 is 0. The third-order valence-electron chi connectivity index (χ3n) is 2.85. The monoisotopic (exact) mass is 240 g/mol. The maximum atomic E-state index is 9.60. The van der Waals surface area contributed by atoms with Gasteiger partial charge >= 0.3 is 0 Å². The highest BCUT2D eigenvalue weighted by molar-refractivity contribution is 5.70. The Kier molecular flexibility index (Phi) is 3.68. The molecule has 0 aliphatic heterocycles. The molecule has 0 amide bonds. The van der Waals surface area contributed by atoms with Crippen molar-refractivity contribution in [3.8, 4) is 11.5 Å². The van der Waals surface area contributed by atoms with Gasteiger partial charge in [-0.25, -0.2) is 0 Å². The standard InChI is InChI=1S/C16H16O2/c1-2-14-11-13(7-10-16(14)18)4-3-12-5-8-15(17)9-6-12/h3-11,17-18H,2H2,1H3/b4-3+. The van der Waals surface area contributed by atoms with Crippen LogP contribution in [0.3, 0.4) is 0 Å². The minimum Gasteiger partial charge on any atom is -0.508 e. The van der Waals surface area contributed by atoms with Crippen molar-refractivity contribution < 1.29 is 10.2 Å². The molecule has 0 bridgehead atoms. The molecule has 0 aliphatic carbocycles. The van der Waals surface area contributed by atoms with Crippen molar-refractivity contribution in [3.63, 3.8) is 0 Å². The first kappa shape index (κ1) is 12.2. The molecule has 92 valence electrons. The third kappa shape index (κ3) is 2.92. The summed E-state index contributed by atoms with van der Waals surface area (Å²) in [5.41, 5.74) is 3.03. The van der Waals surface area contributed by atoms with Gasteiger partial charge in [-0.2, -0.15) is 0 Å². The summed E-state index contributed by atoms with van der Waals surface area (Å²) in [7, 11) is 0. The van der Waals surface area contributed by atoms with E-state index in [4.69, 9.17) is 0 Å². The van der Waals surface area contributed by atoms with E-state index in [1.165, 1.54) is 0 Å². The van der Waals surface area contributed by atoms with Gasteiger partial charge < -0.3 is 10.2 Å². The number of aromatic hydroxyl groups is 2. The second-order valence-electron chi connectivity index (χ2n) is 4.17. The van der Waals surface area contributed by atoms with Crippen LogP contribution in [0.25, 0.3) is 12.2 Å². The van der Waals surface area contributed by atoms with E-state index in [1.54, 1.807) is 18.2 Å². The lowest BCUT2D eigenvalue weighted by atomic mass is 10.1. The summed E-state index contributed by atoms with van der Waals surface area (Å²) < 4.78 is 0.